The molecule has 0 amide bonds. The van der Waals surface area contributed by atoms with E-state index in [0.717, 1.165) is 17.6 Å². The normalized spacial score (nSPS) is 10.7. The lowest BCUT2D eigenvalue weighted by atomic mass is 10.2. The number of thiol groups is 1. The second-order valence-corrected chi connectivity index (χ2v) is 7.32. The van der Waals surface area contributed by atoms with Gasteiger partial charge in [0.1, 0.15) is 0 Å². The van der Waals surface area contributed by atoms with Crippen LogP contribution in [0.4, 0.5) is 0 Å². The van der Waals surface area contributed by atoms with Gasteiger partial charge in [-0.2, -0.15) is 0 Å². The van der Waals surface area contributed by atoms with E-state index in [1.54, 1.807) is 11.3 Å². The van der Waals surface area contributed by atoms with E-state index in [1.165, 1.54) is 10.4 Å². The molecule has 0 bridgehead atoms. The molecule has 0 atom stereocenters. The zero-order chi connectivity index (χ0) is 11.0. The molecule has 1 aromatic carbocycles. The Labute approximate surface area is 123 Å². The first kappa shape index (κ1) is 12.2. The van der Waals surface area contributed by atoms with Gasteiger partial charge in [0.05, 0.1) is 17.6 Å². The van der Waals surface area contributed by atoms with Gasteiger partial charge in [0.2, 0.25) is 0 Å². The first-order chi connectivity index (χ1) is 7.09. The fraction of sp³-hybridized carbons (Fsp3) is 0. The van der Waals surface area contributed by atoms with E-state index in [0.29, 0.717) is 0 Å². The average molecular weight is 429 g/mol. The highest BCUT2D eigenvalue weighted by atomic mass is 79.9. The van der Waals surface area contributed by atoms with Crippen molar-refractivity contribution >= 4 is 71.8 Å². The van der Waals surface area contributed by atoms with Crippen LogP contribution in [-0.2, 0) is 0 Å². The topological polar surface area (TPSA) is 0 Å². The molecule has 0 saturated carbocycles. The Balaban J connectivity index is 2.54. The van der Waals surface area contributed by atoms with Crippen LogP contribution in [0.5, 0.6) is 0 Å². The monoisotopic (exact) mass is 426 g/mol. The van der Waals surface area contributed by atoms with Crippen LogP contribution in [-0.4, -0.2) is 0 Å². The van der Waals surface area contributed by atoms with Crippen LogP contribution in [0.2, 0.25) is 0 Å². The molecule has 0 aliphatic carbocycles. The fourth-order valence-electron chi connectivity index (χ4n) is 1.16. The van der Waals surface area contributed by atoms with Gasteiger partial charge in [-0.05, 0) is 65.5 Å². The van der Waals surface area contributed by atoms with Crippen LogP contribution in [0.25, 0.3) is 10.4 Å². The van der Waals surface area contributed by atoms with Crippen LogP contribution in [0.15, 0.2) is 41.9 Å². The Morgan fingerprint density at radius 1 is 0.933 bits per heavy atom. The molecule has 5 heteroatoms. The molecule has 0 radical (unpaired) electrons. The van der Waals surface area contributed by atoms with Crippen molar-refractivity contribution in [3.05, 3.63) is 37.0 Å². The minimum absolute atomic E-state index is 0.976. The van der Waals surface area contributed by atoms with Gasteiger partial charge in [-0.15, -0.1) is 24.0 Å². The van der Waals surface area contributed by atoms with Gasteiger partial charge in [0.25, 0.3) is 0 Å². The summed E-state index contributed by atoms with van der Waals surface area (Å²) in [7, 11) is 0. The summed E-state index contributed by atoms with van der Waals surface area (Å²) >= 11 is 16.6. The lowest BCUT2D eigenvalue weighted by Gasteiger charge is -1.99. The Kier molecular flexibility index (Phi) is 3.99. The molecule has 0 spiro atoms. The van der Waals surface area contributed by atoms with Crippen LogP contribution >= 0.6 is 71.8 Å². The first-order valence-electron chi connectivity index (χ1n) is 4.02. The van der Waals surface area contributed by atoms with Crippen LogP contribution in [0, 0.1) is 0 Å². The highest BCUT2D eigenvalue weighted by Crippen LogP contribution is 2.46. The van der Waals surface area contributed by atoms with E-state index in [4.69, 9.17) is 0 Å². The lowest BCUT2D eigenvalue weighted by molar-refractivity contribution is 1.48. The Bertz CT molecular complexity index is 488. The standard InChI is InChI=1S/C10H5Br3S2/c11-7-8(12)10(13)15-9(7)5-1-3-6(14)4-2-5/h1-4,14H. The van der Waals surface area contributed by atoms with E-state index in [2.05, 4.69) is 72.6 Å². The average Bonchev–Trinajstić information content (AvgIpc) is 2.47. The van der Waals surface area contributed by atoms with Crippen molar-refractivity contribution in [1.29, 1.82) is 0 Å². The number of hydrogen-bond donors (Lipinski definition) is 1. The van der Waals surface area contributed by atoms with Crippen LogP contribution in [0.3, 0.4) is 0 Å². The Morgan fingerprint density at radius 2 is 1.53 bits per heavy atom. The third-order valence-electron chi connectivity index (χ3n) is 1.89. The van der Waals surface area contributed by atoms with Gasteiger partial charge >= 0.3 is 0 Å². The second-order valence-electron chi connectivity index (χ2n) is 2.88. The number of rotatable bonds is 1. The largest absolute Gasteiger partial charge is 0.143 e. The summed E-state index contributed by atoms with van der Waals surface area (Å²) in [5.74, 6) is 0. The molecule has 1 heterocycles. The van der Waals surface area contributed by atoms with E-state index in [1.807, 2.05) is 12.1 Å². The minimum atomic E-state index is 0.976. The lowest BCUT2D eigenvalue weighted by Crippen LogP contribution is -1.73. The van der Waals surface area contributed by atoms with Gasteiger partial charge in [0, 0.05) is 4.90 Å². The van der Waals surface area contributed by atoms with Crippen molar-refractivity contribution in [2.45, 2.75) is 4.90 Å². The Hall–Kier alpha value is 0.710. The van der Waals surface area contributed by atoms with Gasteiger partial charge in [0.15, 0.2) is 0 Å². The summed E-state index contributed by atoms with van der Waals surface area (Å²) < 4.78 is 3.25. The van der Waals surface area contributed by atoms with Crippen molar-refractivity contribution in [2.24, 2.45) is 0 Å². The molecule has 0 N–H and O–H groups in total. The smallest absolute Gasteiger partial charge is 0.0858 e. The van der Waals surface area contributed by atoms with Crippen molar-refractivity contribution in [2.75, 3.05) is 0 Å². The van der Waals surface area contributed by atoms with Gasteiger partial charge in [-0.3, -0.25) is 0 Å². The predicted octanol–water partition coefficient (Wildman–Crippen LogP) is 5.99. The Morgan fingerprint density at radius 3 is 2.00 bits per heavy atom. The quantitative estimate of drug-likeness (QED) is 0.530. The predicted molar refractivity (Wildman–Crippen MR) is 80.1 cm³/mol. The highest BCUT2D eigenvalue weighted by molar-refractivity contribution is 9.14. The number of hydrogen-bond acceptors (Lipinski definition) is 2. The van der Waals surface area contributed by atoms with Crippen molar-refractivity contribution in [3.63, 3.8) is 0 Å². The maximum Gasteiger partial charge on any atom is 0.0858 e. The molecule has 78 valence electrons. The summed E-state index contributed by atoms with van der Waals surface area (Å²) in [6, 6.07) is 8.12. The molecular formula is C10H5Br3S2. The molecule has 0 aliphatic heterocycles. The molecular weight excluding hydrogens is 424 g/mol. The maximum absolute atomic E-state index is 4.27. The molecule has 1 aromatic heterocycles. The van der Waals surface area contributed by atoms with Gasteiger partial charge in [-0.25, -0.2) is 0 Å². The van der Waals surface area contributed by atoms with E-state index in [9.17, 15) is 0 Å². The molecule has 0 saturated heterocycles. The van der Waals surface area contributed by atoms with E-state index >= 15 is 0 Å². The van der Waals surface area contributed by atoms with E-state index < -0.39 is 0 Å². The van der Waals surface area contributed by atoms with Crippen LogP contribution in [0.1, 0.15) is 0 Å². The van der Waals surface area contributed by atoms with Crippen molar-refractivity contribution in [1.82, 2.24) is 0 Å². The van der Waals surface area contributed by atoms with E-state index in [-0.39, 0.29) is 0 Å². The van der Waals surface area contributed by atoms with Gasteiger partial charge < -0.3 is 0 Å². The SMILES string of the molecule is Sc1ccc(-c2sc(Br)c(Br)c2Br)cc1. The fourth-order valence-corrected chi connectivity index (χ4v) is 4.45. The molecule has 0 unspecified atom stereocenters. The number of thiophene rings is 1. The summed E-state index contributed by atoms with van der Waals surface area (Å²) in [5, 5.41) is 0. The zero-order valence-electron chi connectivity index (χ0n) is 7.30. The zero-order valence-corrected chi connectivity index (χ0v) is 13.8. The molecule has 2 aromatic rings. The molecule has 2 rings (SSSR count). The molecule has 0 fully saturated rings. The molecule has 0 aliphatic rings. The third kappa shape index (κ3) is 2.52. The maximum atomic E-state index is 4.27. The first-order valence-corrected chi connectivity index (χ1v) is 7.66. The number of halogens is 3. The summed E-state index contributed by atoms with van der Waals surface area (Å²) in [6.07, 6.45) is 0. The molecule has 0 nitrogen and oxygen atoms in total. The van der Waals surface area contributed by atoms with Crippen molar-refractivity contribution in [3.8, 4) is 10.4 Å². The highest BCUT2D eigenvalue weighted by Gasteiger charge is 2.13. The van der Waals surface area contributed by atoms with Crippen LogP contribution < -0.4 is 0 Å². The summed E-state index contributed by atoms with van der Waals surface area (Å²) in [6.45, 7) is 0. The number of benzene rings is 1. The van der Waals surface area contributed by atoms with Crippen molar-refractivity contribution < 1.29 is 0 Å². The summed E-state index contributed by atoms with van der Waals surface area (Å²) in [5.41, 5.74) is 1.19. The summed E-state index contributed by atoms with van der Waals surface area (Å²) in [4.78, 5) is 2.19. The van der Waals surface area contributed by atoms with Gasteiger partial charge in [-0.1, -0.05) is 12.1 Å². The second kappa shape index (κ2) is 4.92. The third-order valence-corrected chi connectivity index (χ3v) is 7.27. The minimum Gasteiger partial charge on any atom is -0.143 e. The molecule has 15 heavy (non-hydrogen) atoms.